The van der Waals surface area contributed by atoms with Crippen LogP contribution >= 0.6 is 24.0 Å². The van der Waals surface area contributed by atoms with E-state index in [0.29, 0.717) is 50.5 Å². The molecule has 4 aliphatic carbocycles. The maximum absolute atomic E-state index is 13.8. The first-order chi connectivity index (χ1) is 18.5. The zero-order valence-electron chi connectivity index (χ0n) is 22.0. The number of furan rings is 1. The Balaban J connectivity index is 1.31. The minimum atomic E-state index is 0.0276. The van der Waals surface area contributed by atoms with Gasteiger partial charge in [-0.15, -0.1) is 0 Å². The quantitative estimate of drug-likeness (QED) is 0.222. The van der Waals surface area contributed by atoms with Crippen LogP contribution in [0.15, 0.2) is 33.6 Å². The summed E-state index contributed by atoms with van der Waals surface area (Å²) in [5.41, 5.74) is 1.85. The van der Waals surface area contributed by atoms with Gasteiger partial charge in [0.1, 0.15) is 27.3 Å². The highest BCUT2D eigenvalue weighted by Gasteiger charge is 2.53. The average molecular weight is 554 g/mol. The molecule has 6 nitrogen and oxygen atoms in total. The Morgan fingerprint density at radius 2 is 1.68 bits per heavy atom. The van der Waals surface area contributed by atoms with Crippen LogP contribution in [-0.2, 0) is 11.2 Å². The second kappa shape index (κ2) is 10.7. The lowest BCUT2D eigenvalue weighted by atomic mass is 9.54. The number of carbonyl (C=O) groups excluding carboxylic acids is 1. The van der Waals surface area contributed by atoms with E-state index < -0.39 is 0 Å². The fraction of sp³-hybridized carbons (Fsp3) is 0.533. The SMILES string of the molecule is COc1cc(OC)cc(-c2cc(CCCCO)c(C=C3SC(=S)N(C4C5CC6CC(C5)CC4C6)C3=O)o2)c1. The third-order valence-corrected chi connectivity index (χ3v) is 10.2. The molecule has 202 valence electrons. The molecule has 1 amide bonds. The highest BCUT2D eigenvalue weighted by Crippen LogP contribution is 2.56. The van der Waals surface area contributed by atoms with E-state index in [1.54, 1.807) is 14.2 Å². The number of aliphatic hydroxyl groups is 1. The number of benzene rings is 1. The third-order valence-electron chi connectivity index (χ3n) is 8.89. The number of methoxy groups -OCH3 is 2. The number of nitrogens with zero attached hydrogens (tertiary/aromatic N) is 1. The number of hydrogen-bond acceptors (Lipinski definition) is 7. The average Bonchev–Trinajstić information content (AvgIpc) is 3.43. The molecule has 7 rings (SSSR count). The number of hydrogen-bond donors (Lipinski definition) is 1. The Morgan fingerprint density at radius 3 is 2.29 bits per heavy atom. The van der Waals surface area contributed by atoms with Crippen molar-refractivity contribution in [1.29, 1.82) is 0 Å². The molecule has 0 spiro atoms. The second-order valence-electron chi connectivity index (χ2n) is 11.3. The highest BCUT2D eigenvalue weighted by atomic mass is 32.2. The number of rotatable bonds is 9. The van der Waals surface area contributed by atoms with Crippen LogP contribution in [0.4, 0.5) is 0 Å². The maximum Gasteiger partial charge on any atom is 0.266 e. The summed E-state index contributed by atoms with van der Waals surface area (Å²) in [6, 6.07) is 7.92. The van der Waals surface area contributed by atoms with Crippen molar-refractivity contribution < 1.29 is 23.8 Å². The predicted molar refractivity (Wildman–Crippen MR) is 153 cm³/mol. The van der Waals surface area contributed by atoms with Crippen molar-refractivity contribution in [1.82, 2.24) is 4.90 Å². The van der Waals surface area contributed by atoms with Gasteiger partial charge in [0.05, 0.1) is 19.1 Å². The molecular formula is C30H35NO5S2. The van der Waals surface area contributed by atoms with E-state index in [9.17, 15) is 9.90 Å². The Hall–Kier alpha value is -2.29. The molecule has 0 atom stereocenters. The van der Waals surface area contributed by atoms with Gasteiger partial charge < -0.3 is 19.0 Å². The Morgan fingerprint density at radius 1 is 1.03 bits per heavy atom. The summed E-state index contributed by atoms with van der Waals surface area (Å²) in [6.45, 7) is 0.150. The first-order valence-corrected chi connectivity index (χ1v) is 14.9. The number of thiocarbonyl (C=S) groups is 1. The third kappa shape index (κ3) is 4.80. The zero-order chi connectivity index (χ0) is 26.4. The molecule has 2 aromatic rings. The van der Waals surface area contributed by atoms with E-state index in [0.717, 1.165) is 35.8 Å². The largest absolute Gasteiger partial charge is 0.497 e. The number of amides is 1. The van der Waals surface area contributed by atoms with Gasteiger partial charge in [0.2, 0.25) is 0 Å². The van der Waals surface area contributed by atoms with Crippen LogP contribution in [0.25, 0.3) is 17.4 Å². The summed E-state index contributed by atoms with van der Waals surface area (Å²) in [6.07, 6.45) is 10.5. The molecule has 38 heavy (non-hydrogen) atoms. The van der Waals surface area contributed by atoms with Gasteiger partial charge in [0.25, 0.3) is 5.91 Å². The summed E-state index contributed by atoms with van der Waals surface area (Å²) in [5, 5.41) is 9.31. The molecule has 4 bridgehead atoms. The standard InChI is InChI=1S/C30H35NO5S2/c1-34-23-12-20(13-24(15-23)35-2)25-14-19(5-3-4-6-32)26(36-25)16-27-29(33)31(30(37)38-27)28-21-8-17-7-18(10-21)11-22(28)9-17/h12-18,21-22,28,32H,3-11H2,1-2H3. The molecule has 5 aliphatic rings. The minimum absolute atomic E-state index is 0.0276. The van der Waals surface area contributed by atoms with E-state index in [1.807, 2.05) is 35.2 Å². The summed E-state index contributed by atoms with van der Waals surface area (Å²) < 4.78 is 18.0. The number of ether oxygens (including phenoxy) is 2. The van der Waals surface area contributed by atoms with E-state index in [4.69, 9.17) is 26.1 Å². The van der Waals surface area contributed by atoms with E-state index in [2.05, 4.69) is 0 Å². The number of carbonyl (C=O) groups is 1. The summed E-state index contributed by atoms with van der Waals surface area (Å²) >= 11 is 7.21. The molecule has 4 saturated carbocycles. The first kappa shape index (κ1) is 26.0. The Labute approximate surface area is 233 Å². The normalized spacial score (nSPS) is 29.1. The van der Waals surface area contributed by atoms with Crippen molar-refractivity contribution in [3.05, 3.63) is 40.5 Å². The summed E-state index contributed by atoms with van der Waals surface area (Å²) in [4.78, 5) is 16.4. The number of aliphatic hydroxyl groups excluding tert-OH is 1. The molecule has 8 heteroatoms. The Bertz CT molecular complexity index is 1220. The van der Waals surface area contributed by atoms with Crippen LogP contribution in [0.2, 0.25) is 0 Å². The van der Waals surface area contributed by atoms with Crippen LogP contribution < -0.4 is 9.47 Å². The minimum Gasteiger partial charge on any atom is -0.497 e. The Kier molecular flexibility index (Phi) is 7.31. The van der Waals surface area contributed by atoms with Crippen LogP contribution in [0.1, 0.15) is 56.3 Å². The van der Waals surface area contributed by atoms with Crippen molar-refractivity contribution in [2.24, 2.45) is 23.7 Å². The van der Waals surface area contributed by atoms with Crippen molar-refractivity contribution in [2.75, 3.05) is 20.8 Å². The zero-order valence-corrected chi connectivity index (χ0v) is 23.6. The van der Waals surface area contributed by atoms with Gasteiger partial charge in [-0.3, -0.25) is 9.69 Å². The van der Waals surface area contributed by atoms with Gasteiger partial charge in [-0.25, -0.2) is 0 Å². The van der Waals surface area contributed by atoms with Crippen molar-refractivity contribution >= 4 is 40.3 Å². The number of thioether (sulfide) groups is 1. The highest BCUT2D eigenvalue weighted by molar-refractivity contribution is 8.26. The lowest BCUT2D eigenvalue weighted by Crippen LogP contribution is -2.57. The maximum atomic E-state index is 13.8. The van der Waals surface area contributed by atoms with E-state index in [-0.39, 0.29) is 18.6 Å². The van der Waals surface area contributed by atoms with Gasteiger partial charge in [0.15, 0.2) is 0 Å². The van der Waals surface area contributed by atoms with Crippen molar-refractivity contribution in [2.45, 2.75) is 57.4 Å². The molecule has 1 saturated heterocycles. The van der Waals surface area contributed by atoms with Crippen molar-refractivity contribution in [3.63, 3.8) is 0 Å². The van der Waals surface area contributed by atoms with Gasteiger partial charge in [-0.2, -0.15) is 0 Å². The molecular weight excluding hydrogens is 518 g/mol. The molecule has 1 aliphatic heterocycles. The van der Waals surface area contributed by atoms with Gasteiger partial charge in [-0.1, -0.05) is 24.0 Å². The van der Waals surface area contributed by atoms with Crippen LogP contribution in [0, 0.1) is 23.7 Å². The topological polar surface area (TPSA) is 72.1 Å². The van der Waals surface area contributed by atoms with E-state index in [1.165, 1.54) is 43.9 Å². The molecule has 0 unspecified atom stereocenters. The molecule has 5 fully saturated rings. The lowest BCUT2D eigenvalue weighted by molar-refractivity contribution is -0.130. The lowest BCUT2D eigenvalue weighted by Gasteiger charge is -2.56. The van der Waals surface area contributed by atoms with Gasteiger partial charge in [0, 0.05) is 30.4 Å². The number of aryl methyl sites for hydroxylation is 1. The first-order valence-electron chi connectivity index (χ1n) is 13.7. The van der Waals surface area contributed by atoms with Gasteiger partial charge >= 0.3 is 0 Å². The summed E-state index contributed by atoms with van der Waals surface area (Å²) in [5.74, 6) is 5.60. The fourth-order valence-electron chi connectivity index (χ4n) is 7.45. The molecule has 1 aromatic heterocycles. The van der Waals surface area contributed by atoms with Crippen LogP contribution in [0.3, 0.4) is 0 Å². The monoisotopic (exact) mass is 553 g/mol. The van der Waals surface area contributed by atoms with Crippen LogP contribution in [-0.4, -0.2) is 47.1 Å². The molecule has 2 heterocycles. The van der Waals surface area contributed by atoms with Crippen molar-refractivity contribution in [3.8, 4) is 22.8 Å². The fourth-order valence-corrected chi connectivity index (χ4v) is 8.77. The molecule has 1 N–H and O–H groups in total. The second-order valence-corrected chi connectivity index (χ2v) is 12.9. The molecule has 1 aromatic carbocycles. The van der Waals surface area contributed by atoms with E-state index >= 15 is 0 Å². The number of unbranched alkanes of at least 4 members (excludes halogenated alkanes) is 1. The summed E-state index contributed by atoms with van der Waals surface area (Å²) in [7, 11) is 3.25. The smallest absolute Gasteiger partial charge is 0.266 e. The predicted octanol–water partition coefficient (Wildman–Crippen LogP) is 6.30. The van der Waals surface area contributed by atoms with Gasteiger partial charge in [-0.05, 0) is 98.8 Å². The molecule has 0 radical (unpaired) electrons. The van der Waals surface area contributed by atoms with Crippen LogP contribution in [0.5, 0.6) is 11.5 Å².